The molecule has 0 unspecified atom stereocenters. The highest BCUT2D eigenvalue weighted by Gasteiger charge is 2.23. The Labute approximate surface area is 178 Å². The van der Waals surface area contributed by atoms with Crippen LogP contribution in [0.5, 0.6) is 11.5 Å². The van der Waals surface area contributed by atoms with Gasteiger partial charge in [-0.2, -0.15) is 0 Å². The van der Waals surface area contributed by atoms with Crippen LogP contribution in [0.3, 0.4) is 0 Å². The molecule has 3 aromatic rings. The standard InChI is InChI=1S/C24H20BrNO3/c1-2-28-23-14-17(13-20-19-5-3-4-6-21(19)26-24(20)27)9-12-22(23)29-15-16-7-10-18(25)11-8-16/h3-14H,2,15H2,1H3,(H,26,27). The molecule has 4 nitrogen and oxygen atoms in total. The summed E-state index contributed by atoms with van der Waals surface area (Å²) in [6, 6.07) is 21.4. The van der Waals surface area contributed by atoms with E-state index in [9.17, 15) is 4.79 Å². The molecule has 1 aliphatic rings. The van der Waals surface area contributed by atoms with Gasteiger partial charge >= 0.3 is 0 Å². The summed E-state index contributed by atoms with van der Waals surface area (Å²) >= 11 is 3.44. The van der Waals surface area contributed by atoms with Gasteiger partial charge in [0.05, 0.1) is 6.61 Å². The Kier molecular flexibility index (Phi) is 5.67. The Morgan fingerprint density at radius 3 is 2.55 bits per heavy atom. The van der Waals surface area contributed by atoms with Crippen LogP contribution in [0.2, 0.25) is 0 Å². The number of carbonyl (C=O) groups is 1. The number of carbonyl (C=O) groups excluding carboxylic acids is 1. The highest BCUT2D eigenvalue weighted by molar-refractivity contribution is 9.10. The Balaban J connectivity index is 1.59. The van der Waals surface area contributed by atoms with Crippen LogP contribution in [0, 0.1) is 0 Å². The lowest BCUT2D eigenvalue weighted by Crippen LogP contribution is -2.03. The lowest BCUT2D eigenvalue weighted by molar-refractivity contribution is -0.110. The number of fused-ring (bicyclic) bond motifs is 1. The first kappa shape index (κ1) is 19.3. The molecule has 3 aromatic carbocycles. The van der Waals surface area contributed by atoms with E-state index in [4.69, 9.17) is 9.47 Å². The molecule has 146 valence electrons. The lowest BCUT2D eigenvalue weighted by atomic mass is 10.0. The monoisotopic (exact) mass is 449 g/mol. The molecular formula is C24H20BrNO3. The number of para-hydroxylation sites is 1. The minimum atomic E-state index is -0.0975. The summed E-state index contributed by atoms with van der Waals surface area (Å²) in [5.41, 5.74) is 4.34. The predicted molar refractivity (Wildman–Crippen MR) is 119 cm³/mol. The fourth-order valence-electron chi connectivity index (χ4n) is 3.19. The average Bonchev–Trinajstić information content (AvgIpc) is 3.04. The highest BCUT2D eigenvalue weighted by atomic mass is 79.9. The highest BCUT2D eigenvalue weighted by Crippen LogP contribution is 2.35. The summed E-state index contributed by atoms with van der Waals surface area (Å²) in [6.07, 6.45) is 1.88. The second kappa shape index (κ2) is 8.53. The third-order valence-corrected chi connectivity index (χ3v) is 5.12. The Morgan fingerprint density at radius 2 is 1.76 bits per heavy atom. The van der Waals surface area contributed by atoms with Crippen molar-refractivity contribution in [2.24, 2.45) is 0 Å². The predicted octanol–water partition coefficient (Wildman–Crippen LogP) is 5.92. The van der Waals surface area contributed by atoms with Crippen LogP contribution in [0.25, 0.3) is 11.6 Å². The molecule has 29 heavy (non-hydrogen) atoms. The van der Waals surface area contributed by atoms with E-state index >= 15 is 0 Å². The zero-order valence-corrected chi connectivity index (χ0v) is 17.5. The van der Waals surface area contributed by atoms with E-state index in [1.54, 1.807) is 0 Å². The van der Waals surface area contributed by atoms with Crippen LogP contribution in [0.1, 0.15) is 23.6 Å². The van der Waals surface area contributed by atoms with Gasteiger partial charge in [0.2, 0.25) is 0 Å². The smallest absolute Gasteiger partial charge is 0.256 e. The second-order valence-electron chi connectivity index (χ2n) is 6.61. The zero-order chi connectivity index (χ0) is 20.2. The van der Waals surface area contributed by atoms with Crippen molar-refractivity contribution in [3.05, 3.63) is 87.9 Å². The minimum Gasteiger partial charge on any atom is -0.490 e. The maximum absolute atomic E-state index is 12.4. The van der Waals surface area contributed by atoms with Crippen molar-refractivity contribution < 1.29 is 14.3 Å². The molecular weight excluding hydrogens is 430 g/mol. The van der Waals surface area contributed by atoms with Crippen molar-refractivity contribution in [1.82, 2.24) is 0 Å². The first-order valence-electron chi connectivity index (χ1n) is 9.40. The second-order valence-corrected chi connectivity index (χ2v) is 7.53. The molecule has 5 heteroatoms. The van der Waals surface area contributed by atoms with Gasteiger partial charge in [0, 0.05) is 21.3 Å². The number of nitrogens with one attached hydrogen (secondary N) is 1. The molecule has 0 saturated carbocycles. The summed E-state index contributed by atoms with van der Waals surface area (Å²) in [4.78, 5) is 12.4. The fourth-order valence-corrected chi connectivity index (χ4v) is 3.46. The van der Waals surface area contributed by atoms with Crippen LogP contribution >= 0.6 is 15.9 Å². The molecule has 1 N–H and O–H groups in total. The molecule has 1 heterocycles. The van der Waals surface area contributed by atoms with Gasteiger partial charge in [-0.1, -0.05) is 52.3 Å². The van der Waals surface area contributed by atoms with Crippen LogP contribution in [0.15, 0.2) is 71.2 Å². The van der Waals surface area contributed by atoms with Crippen LogP contribution in [0.4, 0.5) is 5.69 Å². The van der Waals surface area contributed by atoms with Crippen LogP contribution in [-0.4, -0.2) is 12.5 Å². The van der Waals surface area contributed by atoms with Gasteiger partial charge < -0.3 is 14.8 Å². The summed E-state index contributed by atoms with van der Waals surface area (Å²) < 4.78 is 12.8. The normalized spacial score (nSPS) is 13.9. The summed E-state index contributed by atoms with van der Waals surface area (Å²) in [5.74, 6) is 1.23. The summed E-state index contributed by atoms with van der Waals surface area (Å²) in [7, 11) is 0. The van der Waals surface area contributed by atoms with Gasteiger partial charge in [0.25, 0.3) is 5.91 Å². The van der Waals surface area contributed by atoms with Crippen molar-refractivity contribution >= 4 is 39.2 Å². The number of rotatable bonds is 6. The van der Waals surface area contributed by atoms with Gasteiger partial charge in [-0.15, -0.1) is 0 Å². The molecule has 0 spiro atoms. The van der Waals surface area contributed by atoms with Crippen molar-refractivity contribution in [2.75, 3.05) is 11.9 Å². The van der Waals surface area contributed by atoms with Crippen molar-refractivity contribution in [1.29, 1.82) is 0 Å². The molecule has 0 atom stereocenters. The van der Waals surface area contributed by atoms with E-state index < -0.39 is 0 Å². The maximum Gasteiger partial charge on any atom is 0.256 e. The SMILES string of the molecule is CCOc1cc(C=C2C(=O)Nc3ccccc32)ccc1OCc1ccc(Br)cc1. The van der Waals surface area contributed by atoms with E-state index in [0.717, 1.165) is 26.9 Å². The molecule has 0 radical (unpaired) electrons. The van der Waals surface area contributed by atoms with Gasteiger partial charge in [-0.05, 0) is 54.5 Å². The molecule has 0 aliphatic carbocycles. The number of ether oxygens (including phenoxy) is 2. The molecule has 0 bridgehead atoms. The first-order chi connectivity index (χ1) is 14.1. The Morgan fingerprint density at radius 1 is 0.966 bits per heavy atom. The van der Waals surface area contributed by atoms with Gasteiger partial charge in [0.15, 0.2) is 11.5 Å². The zero-order valence-electron chi connectivity index (χ0n) is 15.9. The molecule has 0 fully saturated rings. The van der Waals surface area contributed by atoms with E-state index in [0.29, 0.717) is 30.3 Å². The number of hydrogen-bond acceptors (Lipinski definition) is 3. The quantitative estimate of drug-likeness (QED) is 0.475. The lowest BCUT2D eigenvalue weighted by Gasteiger charge is -2.13. The van der Waals surface area contributed by atoms with E-state index in [1.807, 2.05) is 79.7 Å². The fraction of sp³-hybridized carbons (Fsp3) is 0.125. The number of benzene rings is 3. The van der Waals surface area contributed by atoms with Gasteiger partial charge in [0.1, 0.15) is 6.61 Å². The first-order valence-corrected chi connectivity index (χ1v) is 10.2. The van der Waals surface area contributed by atoms with Crippen molar-refractivity contribution in [3.63, 3.8) is 0 Å². The number of hydrogen-bond donors (Lipinski definition) is 1. The maximum atomic E-state index is 12.4. The van der Waals surface area contributed by atoms with Crippen molar-refractivity contribution in [2.45, 2.75) is 13.5 Å². The molecule has 4 rings (SSSR count). The topological polar surface area (TPSA) is 47.6 Å². The Hall–Kier alpha value is -3.05. The van der Waals surface area contributed by atoms with E-state index in [-0.39, 0.29) is 5.91 Å². The largest absolute Gasteiger partial charge is 0.490 e. The number of halogens is 1. The number of anilines is 1. The third kappa shape index (κ3) is 4.35. The average molecular weight is 450 g/mol. The molecule has 0 aromatic heterocycles. The van der Waals surface area contributed by atoms with E-state index in [1.165, 1.54) is 0 Å². The number of amides is 1. The van der Waals surface area contributed by atoms with Gasteiger partial charge in [-0.3, -0.25) is 4.79 Å². The summed E-state index contributed by atoms with van der Waals surface area (Å²) in [5, 5.41) is 2.89. The van der Waals surface area contributed by atoms with Gasteiger partial charge in [-0.25, -0.2) is 0 Å². The summed E-state index contributed by atoms with van der Waals surface area (Å²) in [6.45, 7) is 2.91. The van der Waals surface area contributed by atoms with E-state index in [2.05, 4.69) is 21.2 Å². The Bertz CT molecular complexity index is 1070. The van der Waals surface area contributed by atoms with Crippen LogP contribution in [-0.2, 0) is 11.4 Å². The third-order valence-electron chi connectivity index (χ3n) is 4.60. The molecule has 0 saturated heterocycles. The van der Waals surface area contributed by atoms with Crippen LogP contribution < -0.4 is 14.8 Å². The molecule has 1 aliphatic heterocycles. The molecule has 1 amide bonds. The minimum absolute atomic E-state index is 0.0975. The van der Waals surface area contributed by atoms with Crippen molar-refractivity contribution in [3.8, 4) is 11.5 Å².